The molecule has 0 aliphatic carbocycles. The molecular formula is C14H21NO4. The molecule has 0 spiro atoms. The van der Waals surface area contributed by atoms with Crippen LogP contribution < -0.4 is 9.47 Å². The summed E-state index contributed by atoms with van der Waals surface area (Å²) < 4.78 is 10.5. The lowest BCUT2D eigenvalue weighted by atomic mass is 9.97. The molecule has 1 aliphatic rings. The van der Waals surface area contributed by atoms with Gasteiger partial charge < -0.3 is 19.7 Å². The highest BCUT2D eigenvalue weighted by molar-refractivity contribution is 5.44. The van der Waals surface area contributed by atoms with Gasteiger partial charge in [0.05, 0.1) is 26.4 Å². The number of hydrogen-bond donors (Lipinski definition) is 2. The lowest BCUT2D eigenvalue weighted by molar-refractivity contribution is 0.0127. The van der Waals surface area contributed by atoms with Crippen LogP contribution in [0.15, 0.2) is 18.2 Å². The van der Waals surface area contributed by atoms with Crippen molar-refractivity contribution in [1.82, 2.24) is 4.90 Å². The summed E-state index contributed by atoms with van der Waals surface area (Å²) in [6.07, 6.45) is -1.26. The first kappa shape index (κ1) is 14.1. The van der Waals surface area contributed by atoms with Crippen LogP contribution in [0.25, 0.3) is 0 Å². The number of aliphatic hydroxyl groups is 2. The summed E-state index contributed by atoms with van der Waals surface area (Å²) in [5, 5.41) is 20.3. The van der Waals surface area contributed by atoms with Crippen LogP contribution in [0.4, 0.5) is 0 Å². The van der Waals surface area contributed by atoms with E-state index in [-0.39, 0.29) is 12.0 Å². The van der Waals surface area contributed by atoms with Crippen LogP contribution in [-0.2, 0) is 0 Å². The molecular weight excluding hydrogens is 246 g/mol. The third-order valence-electron chi connectivity index (χ3n) is 3.94. The normalized spacial score (nSPS) is 31.5. The van der Waals surface area contributed by atoms with E-state index in [0.29, 0.717) is 11.5 Å². The maximum absolute atomic E-state index is 10.3. The highest BCUT2D eigenvalue weighted by atomic mass is 16.5. The zero-order chi connectivity index (χ0) is 14.2. The number of aliphatic hydroxyl groups excluding tert-OH is 2. The standard InChI is InChI=1S/C14H21NO4/c1-8-13(16)12(15(2)14(8)17)9-5-6-10(18-3)11(7-9)19-4/h5-8,12-14,16-17H,1-4H3. The van der Waals surface area contributed by atoms with Crippen molar-refractivity contribution in [2.45, 2.75) is 25.3 Å². The molecule has 4 unspecified atom stereocenters. The van der Waals surface area contributed by atoms with Crippen molar-refractivity contribution in [3.05, 3.63) is 23.8 Å². The molecule has 2 N–H and O–H groups in total. The van der Waals surface area contributed by atoms with Gasteiger partial charge in [0.25, 0.3) is 0 Å². The third-order valence-corrected chi connectivity index (χ3v) is 3.94. The Labute approximate surface area is 113 Å². The first-order chi connectivity index (χ1) is 9.01. The van der Waals surface area contributed by atoms with E-state index >= 15 is 0 Å². The van der Waals surface area contributed by atoms with Gasteiger partial charge in [-0.2, -0.15) is 0 Å². The maximum atomic E-state index is 10.3. The van der Waals surface area contributed by atoms with Crippen LogP contribution in [-0.4, -0.2) is 48.7 Å². The molecule has 106 valence electrons. The highest BCUT2D eigenvalue weighted by Gasteiger charge is 2.44. The monoisotopic (exact) mass is 267 g/mol. The average Bonchev–Trinajstić information content (AvgIpc) is 2.62. The van der Waals surface area contributed by atoms with E-state index in [1.54, 1.807) is 26.2 Å². The van der Waals surface area contributed by atoms with E-state index in [0.717, 1.165) is 5.56 Å². The largest absolute Gasteiger partial charge is 0.493 e. The second-order valence-electron chi connectivity index (χ2n) is 4.99. The molecule has 1 aromatic rings. The molecule has 1 saturated heterocycles. The van der Waals surface area contributed by atoms with Gasteiger partial charge >= 0.3 is 0 Å². The molecule has 0 radical (unpaired) electrons. The van der Waals surface area contributed by atoms with Crippen molar-refractivity contribution in [1.29, 1.82) is 0 Å². The van der Waals surface area contributed by atoms with Crippen LogP contribution in [0.3, 0.4) is 0 Å². The molecule has 0 aromatic heterocycles. The van der Waals surface area contributed by atoms with Crippen molar-refractivity contribution in [2.75, 3.05) is 21.3 Å². The van der Waals surface area contributed by atoms with Crippen LogP contribution in [0.5, 0.6) is 11.5 Å². The predicted molar refractivity (Wildman–Crippen MR) is 71.2 cm³/mol. The summed E-state index contributed by atoms with van der Waals surface area (Å²) in [6.45, 7) is 1.84. The molecule has 4 atom stereocenters. The first-order valence-corrected chi connectivity index (χ1v) is 6.31. The Morgan fingerprint density at radius 2 is 1.74 bits per heavy atom. The number of likely N-dealkylation sites (N-methyl/N-ethyl adjacent to an activating group) is 1. The Balaban J connectivity index is 2.37. The minimum Gasteiger partial charge on any atom is -0.493 e. The summed E-state index contributed by atoms with van der Waals surface area (Å²) >= 11 is 0. The van der Waals surface area contributed by atoms with E-state index in [1.807, 2.05) is 25.1 Å². The van der Waals surface area contributed by atoms with Gasteiger partial charge in [-0.15, -0.1) is 0 Å². The lowest BCUT2D eigenvalue weighted by Gasteiger charge is -2.24. The van der Waals surface area contributed by atoms with Gasteiger partial charge in [-0.3, -0.25) is 4.90 Å². The summed E-state index contributed by atoms with van der Waals surface area (Å²) in [5.41, 5.74) is 0.899. The molecule has 0 bridgehead atoms. The van der Waals surface area contributed by atoms with Crippen LogP contribution in [0.1, 0.15) is 18.5 Å². The zero-order valence-corrected chi connectivity index (χ0v) is 11.7. The summed E-state index contributed by atoms with van der Waals surface area (Å²) in [5.74, 6) is 1.08. The average molecular weight is 267 g/mol. The molecule has 19 heavy (non-hydrogen) atoms. The summed E-state index contributed by atoms with van der Waals surface area (Å²) in [7, 11) is 4.96. The number of likely N-dealkylation sites (tertiary alicyclic amines) is 1. The van der Waals surface area contributed by atoms with Crippen molar-refractivity contribution in [3.8, 4) is 11.5 Å². The van der Waals surface area contributed by atoms with E-state index in [4.69, 9.17) is 9.47 Å². The van der Waals surface area contributed by atoms with Crippen molar-refractivity contribution >= 4 is 0 Å². The van der Waals surface area contributed by atoms with Gasteiger partial charge in [-0.25, -0.2) is 0 Å². The molecule has 0 amide bonds. The smallest absolute Gasteiger partial charge is 0.161 e. The number of ether oxygens (including phenoxy) is 2. The number of rotatable bonds is 3. The Morgan fingerprint density at radius 3 is 2.21 bits per heavy atom. The van der Waals surface area contributed by atoms with Gasteiger partial charge in [-0.1, -0.05) is 13.0 Å². The fourth-order valence-electron chi connectivity index (χ4n) is 2.71. The highest BCUT2D eigenvalue weighted by Crippen LogP contribution is 2.40. The Morgan fingerprint density at radius 1 is 1.11 bits per heavy atom. The SMILES string of the molecule is COc1ccc(C2C(O)C(C)C(O)N2C)cc1OC. The van der Waals surface area contributed by atoms with E-state index in [9.17, 15) is 10.2 Å². The van der Waals surface area contributed by atoms with E-state index in [1.165, 1.54) is 0 Å². The fourth-order valence-corrected chi connectivity index (χ4v) is 2.71. The molecule has 1 aromatic carbocycles. The minimum absolute atomic E-state index is 0.192. The predicted octanol–water partition coefficient (Wildman–Crippen LogP) is 1.01. The number of benzene rings is 1. The molecule has 1 fully saturated rings. The molecule has 1 heterocycles. The van der Waals surface area contributed by atoms with Crippen LogP contribution in [0.2, 0.25) is 0 Å². The Bertz CT molecular complexity index is 437. The van der Waals surface area contributed by atoms with Gasteiger partial charge in [0.2, 0.25) is 0 Å². The number of hydrogen-bond acceptors (Lipinski definition) is 5. The fraction of sp³-hybridized carbons (Fsp3) is 0.571. The van der Waals surface area contributed by atoms with Crippen molar-refractivity contribution in [2.24, 2.45) is 5.92 Å². The maximum Gasteiger partial charge on any atom is 0.161 e. The minimum atomic E-state index is -0.645. The first-order valence-electron chi connectivity index (χ1n) is 6.31. The zero-order valence-electron chi connectivity index (χ0n) is 11.7. The van der Waals surface area contributed by atoms with Crippen LogP contribution >= 0.6 is 0 Å². The molecule has 5 heteroatoms. The summed E-state index contributed by atoms with van der Waals surface area (Å²) in [6, 6.07) is 5.29. The molecule has 1 aliphatic heterocycles. The van der Waals surface area contributed by atoms with Crippen molar-refractivity contribution in [3.63, 3.8) is 0 Å². The molecule has 2 rings (SSSR count). The summed E-state index contributed by atoms with van der Waals surface area (Å²) in [4.78, 5) is 1.77. The number of nitrogens with zero attached hydrogens (tertiary/aromatic N) is 1. The molecule has 0 saturated carbocycles. The molecule has 5 nitrogen and oxygen atoms in total. The van der Waals surface area contributed by atoms with Gasteiger partial charge in [0.1, 0.15) is 6.23 Å². The lowest BCUT2D eigenvalue weighted by Crippen LogP contribution is -2.29. The third kappa shape index (κ3) is 2.29. The Hall–Kier alpha value is -1.30. The quantitative estimate of drug-likeness (QED) is 0.855. The second-order valence-corrected chi connectivity index (χ2v) is 4.99. The van der Waals surface area contributed by atoms with Gasteiger partial charge in [0.15, 0.2) is 11.5 Å². The van der Waals surface area contributed by atoms with Gasteiger partial charge in [0, 0.05) is 5.92 Å². The van der Waals surface area contributed by atoms with E-state index < -0.39 is 12.3 Å². The van der Waals surface area contributed by atoms with Gasteiger partial charge in [-0.05, 0) is 24.7 Å². The van der Waals surface area contributed by atoms with Crippen LogP contribution in [0, 0.1) is 5.92 Å². The topological polar surface area (TPSA) is 62.2 Å². The number of methoxy groups -OCH3 is 2. The van der Waals surface area contributed by atoms with Crippen molar-refractivity contribution < 1.29 is 19.7 Å². The Kier molecular flexibility index (Phi) is 3.99. The second kappa shape index (κ2) is 5.36. The van der Waals surface area contributed by atoms with E-state index in [2.05, 4.69) is 0 Å².